The van der Waals surface area contributed by atoms with E-state index >= 15 is 0 Å². The maximum absolute atomic E-state index is 5.81. The molecule has 1 rings (SSSR count). The van der Waals surface area contributed by atoms with Crippen molar-refractivity contribution < 1.29 is 4.74 Å². The first-order valence-electron chi connectivity index (χ1n) is 8.12. The van der Waals surface area contributed by atoms with E-state index in [4.69, 9.17) is 4.74 Å². The van der Waals surface area contributed by atoms with Crippen molar-refractivity contribution >= 4 is 15.9 Å². The Kier molecular flexibility index (Phi) is 8.52. The van der Waals surface area contributed by atoms with Crippen LogP contribution in [0.5, 0.6) is 0 Å². The Hall–Kier alpha value is -0.390. The standard InChI is InChI=1S/C16H30BrN3O/c1-6-9-18-13(11-21-12(4)5)10-15-16(17)14(7-2)19-20(15)8-3/h12-13,18H,6-11H2,1-5H3. The van der Waals surface area contributed by atoms with Crippen LogP contribution in [0.2, 0.25) is 0 Å². The summed E-state index contributed by atoms with van der Waals surface area (Å²) in [5.41, 5.74) is 2.42. The smallest absolute Gasteiger partial charge is 0.0766 e. The van der Waals surface area contributed by atoms with Crippen LogP contribution in [0.1, 0.15) is 52.4 Å². The number of aromatic nitrogens is 2. The van der Waals surface area contributed by atoms with Gasteiger partial charge in [-0.3, -0.25) is 4.68 Å². The Morgan fingerprint density at radius 3 is 2.52 bits per heavy atom. The Bertz CT molecular complexity index is 418. The van der Waals surface area contributed by atoms with Gasteiger partial charge in [0.25, 0.3) is 0 Å². The number of nitrogens with zero attached hydrogens (tertiary/aromatic N) is 2. The molecule has 0 aliphatic carbocycles. The maximum Gasteiger partial charge on any atom is 0.0766 e. The molecule has 1 aromatic heterocycles. The molecular formula is C16H30BrN3O. The highest BCUT2D eigenvalue weighted by atomic mass is 79.9. The molecule has 0 saturated heterocycles. The third-order valence-corrected chi connectivity index (χ3v) is 4.36. The van der Waals surface area contributed by atoms with Crippen LogP contribution in [-0.4, -0.2) is 35.1 Å². The van der Waals surface area contributed by atoms with Gasteiger partial charge in [0.05, 0.1) is 28.6 Å². The number of nitrogens with one attached hydrogen (secondary N) is 1. The number of hydrogen-bond acceptors (Lipinski definition) is 3. The average molecular weight is 360 g/mol. The Morgan fingerprint density at radius 1 is 1.29 bits per heavy atom. The maximum atomic E-state index is 5.81. The van der Waals surface area contributed by atoms with Crippen molar-refractivity contribution in [3.8, 4) is 0 Å². The molecular weight excluding hydrogens is 330 g/mol. The van der Waals surface area contributed by atoms with Gasteiger partial charge >= 0.3 is 0 Å². The molecule has 1 aromatic rings. The van der Waals surface area contributed by atoms with E-state index in [-0.39, 0.29) is 6.10 Å². The largest absolute Gasteiger partial charge is 0.377 e. The van der Waals surface area contributed by atoms with Gasteiger partial charge in [-0.2, -0.15) is 5.10 Å². The number of halogens is 1. The van der Waals surface area contributed by atoms with Crippen LogP contribution >= 0.6 is 15.9 Å². The molecule has 0 saturated carbocycles. The van der Waals surface area contributed by atoms with Gasteiger partial charge in [-0.15, -0.1) is 0 Å². The SMILES string of the molecule is CCCNC(COC(C)C)Cc1c(Br)c(CC)nn1CC. The summed E-state index contributed by atoms with van der Waals surface area (Å²) >= 11 is 3.73. The molecule has 5 heteroatoms. The second-order valence-electron chi connectivity index (χ2n) is 5.61. The summed E-state index contributed by atoms with van der Waals surface area (Å²) in [4.78, 5) is 0. The van der Waals surface area contributed by atoms with Crippen LogP contribution < -0.4 is 5.32 Å². The first-order chi connectivity index (χ1) is 10.0. The van der Waals surface area contributed by atoms with Gasteiger partial charge in [-0.1, -0.05) is 13.8 Å². The van der Waals surface area contributed by atoms with Crippen molar-refractivity contribution in [3.63, 3.8) is 0 Å². The van der Waals surface area contributed by atoms with E-state index in [0.717, 1.165) is 44.7 Å². The molecule has 0 aliphatic rings. The average Bonchev–Trinajstić information content (AvgIpc) is 2.77. The normalized spacial score (nSPS) is 13.1. The first-order valence-corrected chi connectivity index (χ1v) is 8.91. The molecule has 1 N–H and O–H groups in total. The zero-order chi connectivity index (χ0) is 15.8. The summed E-state index contributed by atoms with van der Waals surface area (Å²) in [5, 5.41) is 8.27. The van der Waals surface area contributed by atoms with E-state index in [2.05, 4.69) is 65.6 Å². The van der Waals surface area contributed by atoms with Crippen molar-refractivity contribution in [1.29, 1.82) is 0 Å². The van der Waals surface area contributed by atoms with Gasteiger partial charge in [0.15, 0.2) is 0 Å². The van der Waals surface area contributed by atoms with E-state index in [9.17, 15) is 0 Å². The lowest BCUT2D eigenvalue weighted by Gasteiger charge is -2.20. The molecule has 0 aliphatic heterocycles. The summed E-state index contributed by atoms with van der Waals surface area (Å²) in [6, 6.07) is 0.329. The highest BCUT2D eigenvalue weighted by Gasteiger charge is 2.18. The molecule has 122 valence electrons. The van der Waals surface area contributed by atoms with E-state index in [0.29, 0.717) is 6.04 Å². The van der Waals surface area contributed by atoms with Crippen LogP contribution in [0.3, 0.4) is 0 Å². The van der Waals surface area contributed by atoms with Crippen molar-refractivity contribution in [2.24, 2.45) is 0 Å². The van der Waals surface area contributed by atoms with Gasteiger partial charge in [-0.05, 0) is 56.1 Å². The van der Waals surface area contributed by atoms with Gasteiger partial charge in [0.1, 0.15) is 0 Å². The zero-order valence-electron chi connectivity index (χ0n) is 14.1. The molecule has 1 unspecified atom stereocenters. The first kappa shape index (κ1) is 18.7. The van der Waals surface area contributed by atoms with E-state index in [1.54, 1.807) is 0 Å². The van der Waals surface area contributed by atoms with Crippen molar-refractivity contribution in [2.45, 2.75) is 72.6 Å². The predicted molar refractivity (Wildman–Crippen MR) is 91.9 cm³/mol. The molecule has 1 heterocycles. The number of hydrogen-bond donors (Lipinski definition) is 1. The fraction of sp³-hybridized carbons (Fsp3) is 0.812. The van der Waals surface area contributed by atoms with E-state index in [1.165, 1.54) is 10.2 Å². The van der Waals surface area contributed by atoms with Crippen molar-refractivity contribution in [2.75, 3.05) is 13.2 Å². The Morgan fingerprint density at radius 2 is 2.00 bits per heavy atom. The van der Waals surface area contributed by atoms with Crippen LogP contribution in [0, 0.1) is 0 Å². The highest BCUT2D eigenvalue weighted by Crippen LogP contribution is 2.23. The lowest BCUT2D eigenvalue weighted by molar-refractivity contribution is 0.0609. The predicted octanol–water partition coefficient (Wildman–Crippen LogP) is 3.56. The highest BCUT2D eigenvalue weighted by molar-refractivity contribution is 9.10. The van der Waals surface area contributed by atoms with Gasteiger partial charge in [0, 0.05) is 19.0 Å². The molecule has 0 fully saturated rings. The number of ether oxygens (including phenoxy) is 1. The quantitative estimate of drug-likeness (QED) is 0.693. The van der Waals surface area contributed by atoms with E-state index < -0.39 is 0 Å². The second-order valence-corrected chi connectivity index (χ2v) is 6.41. The molecule has 0 bridgehead atoms. The Labute approximate surface area is 137 Å². The molecule has 0 amide bonds. The van der Waals surface area contributed by atoms with Gasteiger partial charge in [-0.25, -0.2) is 0 Å². The molecule has 4 nitrogen and oxygen atoms in total. The fourth-order valence-corrected chi connectivity index (χ4v) is 3.02. The van der Waals surface area contributed by atoms with Crippen LogP contribution in [0.4, 0.5) is 0 Å². The van der Waals surface area contributed by atoms with Crippen LogP contribution in [0.15, 0.2) is 4.47 Å². The Balaban J connectivity index is 2.83. The number of aryl methyl sites for hydroxylation is 2. The summed E-state index contributed by atoms with van der Waals surface area (Å²) < 4.78 is 9.09. The molecule has 1 atom stereocenters. The summed E-state index contributed by atoms with van der Waals surface area (Å²) in [5.74, 6) is 0. The molecule has 0 aromatic carbocycles. The lowest BCUT2D eigenvalue weighted by Crippen LogP contribution is -2.37. The fourth-order valence-electron chi connectivity index (χ4n) is 2.29. The monoisotopic (exact) mass is 359 g/mol. The minimum absolute atomic E-state index is 0.265. The third kappa shape index (κ3) is 5.72. The number of rotatable bonds is 10. The van der Waals surface area contributed by atoms with Crippen LogP contribution in [0.25, 0.3) is 0 Å². The van der Waals surface area contributed by atoms with Gasteiger partial charge in [0.2, 0.25) is 0 Å². The summed E-state index contributed by atoms with van der Waals surface area (Å²) in [7, 11) is 0. The third-order valence-electron chi connectivity index (χ3n) is 3.45. The van der Waals surface area contributed by atoms with Crippen molar-refractivity contribution in [1.82, 2.24) is 15.1 Å². The zero-order valence-corrected chi connectivity index (χ0v) is 15.7. The van der Waals surface area contributed by atoms with Crippen molar-refractivity contribution in [3.05, 3.63) is 15.9 Å². The molecule has 0 spiro atoms. The lowest BCUT2D eigenvalue weighted by atomic mass is 10.1. The minimum atomic E-state index is 0.265. The summed E-state index contributed by atoms with van der Waals surface area (Å²) in [6.45, 7) is 13.3. The topological polar surface area (TPSA) is 39.1 Å². The van der Waals surface area contributed by atoms with Crippen LogP contribution in [-0.2, 0) is 24.1 Å². The summed E-state index contributed by atoms with van der Waals surface area (Å²) in [6.07, 6.45) is 3.29. The van der Waals surface area contributed by atoms with Gasteiger partial charge < -0.3 is 10.1 Å². The minimum Gasteiger partial charge on any atom is -0.377 e. The molecule has 0 radical (unpaired) electrons. The second kappa shape index (κ2) is 9.59. The van der Waals surface area contributed by atoms with E-state index in [1.807, 2.05) is 0 Å². The molecule has 21 heavy (non-hydrogen) atoms.